The highest BCUT2D eigenvalue weighted by Gasteiger charge is 2.21. The number of aromatic nitrogens is 1. The number of nitrogens with zero attached hydrogens (tertiary/aromatic N) is 1. The number of rotatable bonds is 6. The van der Waals surface area contributed by atoms with Gasteiger partial charge in [-0.3, -0.25) is 4.98 Å². The van der Waals surface area contributed by atoms with Crippen LogP contribution in [0.4, 0.5) is 0 Å². The second-order valence-corrected chi connectivity index (χ2v) is 8.67. The number of hydrogen-bond acceptors (Lipinski definition) is 4. The predicted octanol–water partition coefficient (Wildman–Crippen LogP) is 3.84. The molecular formula is C19H26N2O2S. The third-order valence-electron chi connectivity index (χ3n) is 4.25. The molecule has 2 rings (SSSR count). The van der Waals surface area contributed by atoms with Gasteiger partial charge in [-0.05, 0) is 49.1 Å². The van der Waals surface area contributed by atoms with Gasteiger partial charge in [0.1, 0.15) is 0 Å². The fourth-order valence-corrected chi connectivity index (χ4v) is 3.41. The highest BCUT2D eigenvalue weighted by atomic mass is 32.2. The number of nitrogens with one attached hydrogen (secondary N) is 1. The maximum atomic E-state index is 11.6. The van der Waals surface area contributed by atoms with Gasteiger partial charge in [-0.2, -0.15) is 0 Å². The number of hydrogen-bond donors (Lipinski definition) is 1. The van der Waals surface area contributed by atoms with Crippen LogP contribution < -0.4 is 5.32 Å². The molecule has 24 heavy (non-hydrogen) atoms. The highest BCUT2D eigenvalue weighted by molar-refractivity contribution is 7.90. The molecule has 0 fully saturated rings. The van der Waals surface area contributed by atoms with Crippen molar-refractivity contribution in [3.8, 4) is 0 Å². The summed E-state index contributed by atoms with van der Waals surface area (Å²) in [6.45, 7) is 8.50. The van der Waals surface area contributed by atoms with E-state index in [-0.39, 0.29) is 12.1 Å². The number of sulfone groups is 1. The molecule has 0 aliphatic heterocycles. The van der Waals surface area contributed by atoms with Crippen molar-refractivity contribution in [1.82, 2.24) is 10.3 Å². The molecule has 1 aromatic carbocycles. The first-order valence-corrected chi connectivity index (χ1v) is 10.1. The molecule has 0 saturated heterocycles. The van der Waals surface area contributed by atoms with E-state index in [1.807, 2.05) is 24.4 Å². The smallest absolute Gasteiger partial charge is 0.175 e. The third-order valence-corrected chi connectivity index (χ3v) is 5.38. The highest BCUT2D eigenvalue weighted by Crippen LogP contribution is 2.27. The molecule has 2 aromatic rings. The second-order valence-electron chi connectivity index (χ2n) is 6.66. The van der Waals surface area contributed by atoms with Crippen molar-refractivity contribution in [3.63, 3.8) is 0 Å². The van der Waals surface area contributed by atoms with Crippen molar-refractivity contribution in [2.24, 2.45) is 5.92 Å². The van der Waals surface area contributed by atoms with E-state index in [0.717, 1.165) is 11.3 Å². The van der Waals surface area contributed by atoms with Crippen molar-refractivity contribution in [2.45, 2.75) is 44.7 Å². The van der Waals surface area contributed by atoms with Crippen LogP contribution in [-0.4, -0.2) is 19.7 Å². The third kappa shape index (κ3) is 4.42. The monoisotopic (exact) mass is 346 g/mol. The molecule has 0 aliphatic rings. The first-order chi connectivity index (χ1) is 11.2. The largest absolute Gasteiger partial charge is 0.302 e. The Hall–Kier alpha value is -1.72. The summed E-state index contributed by atoms with van der Waals surface area (Å²) >= 11 is 0. The van der Waals surface area contributed by atoms with Gasteiger partial charge in [-0.1, -0.05) is 32.0 Å². The van der Waals surface area contributed by atoms with Gasteiger partial charge in [0.05, 0.1) is 16.6 Å². The van der Waals surface area contributed by atoms with Gasteiger partial charge >= 0.3 is 0 Å². The molecule has 0 aliphatic carbocycles. The average molecular weight is 346 g/mol. The maximum absolute atomic E-state index is 11.6. The Balaban J connectivity index is 2.22. The predicted molar refractivity (Wildman–Crippen MR) is 97.7 cm³/mol. The van der Waals surface area contributed by atoms with Gasteiger partial charge in [-0.25, -0.2) is 8.42 Å². The minimum Gasteiger partial charge on any atom is -0.302 e. The summed E-state index contributed by atoms with van der Waals surface area (Å²) in [6, 6.07) is 11.3. The van der Waals surface area contributed by atoms with Crippen molar-refractivity contribution < 1.29 is 8.42 Å². The fourth-order valence-electron chi connectivity index (χ4n) is 2.78. The van der Waals surface area contributed by atoms with Crippen LogP contribution in [0.5, 0.6) is 0 Å². The Morgan fingerprint density at radius 3 is 2.17 bits per heavy atom. The fraction of sp³-hybridized carbons (Fsp3) is 0.421. The van der Waals surface area contributed by atoms with Gasteiger partial charge in [0.15, 0.2) is 9.84 Å². The van der Waals surface area contributed by atoms with E-state index in [1.54, 1.807) is 12.1 Å². The standard InChI is InChI=1S/C19H26N2O2S/c1-13(2)18(19-14(3)7-6-12-20-19)21-15(4)16-8-10-17(11-9-16)24(5,22)23/h6-13,15,18,21H,1-5H3/t15-,18-/m1/s1. The maximum Gasteiger partial charge on any atom is 0.175 e. The van der Waals surface area contributed by atoms with Crippen molar-refractivity contribution >= 4 is 9.84 Å². The topological polar surface area (TPSA) is 59.1 Å². The summed E-state index contributed by atoms with van der Waals surface area (Å²) < 4.78 is 23.2. The van der Waals surface area contributed by atoms with Gasteiger partial charge in [-0.15, -0.1) is 0 Å². The number of aryl methyl sites for hydroxylation is 1. The lowest BCUT2D eigenvalue weighted by Crippen LogP contribution is -2.29. The van der Waals surface area contributed by atoms with Gasteiger partial charge in [0.2, 0.25) is 0 Å². The minimum absolute atomic E-state index is 0.0902. The quantitative estimate of drug-likeness (QED) is 0.863. The zero-order chi connectivity index (χ0) is 17.9. The molecule has 1 aromatic heterocycles. The minimum atomic E-state index is -3.16. The van der Waals surface area contributed by atoms with Crippen LogP contribution in [0.1, 0.15) is 49.7 Å². The van der Waals surface area contributed by atoms with Crippen LogP contribution in [0.15, 0.2) is 47.5 Å². The second kappa shape index (κ2) is 7.45. The molecule has 0 saturated carbocycles. The van der Waals surface area contributed by atoms with E-state index in [2.05, 4.69) is 44.1 Å². The Kier molecular flexibility index (Phi) is 5.78. The molecule has 0 unspecified atom stereocenters. The lowest BCUT2D eigenvalue weighted by Gasteiger charge is -2.27. The summed E-state index contributed by atoms with van der Waals surface area (Å²) in [5.74, 6) is 0.386. The molecule has 0 amide bonds. The van der Waals surface area contributed by atoms with Crippen molar-refractivity contribution in [1.29, 1.82) is 0 Å². The molecule has 0 spiro atoms. The van der Waals surface area contributed by atoms with E-state index in [9.17, 15) is 8.42 Å². The first kappa shape index (κ1) is 18.6. The zero-order valence-electron chi connectivity index (χ0n) is 14.9. The Morgan fingerprint density at radius 1 is 1.04 bits per heavy atom. The van der Waals surface area contributed by atoms with Gasteiger partial charge in [0.25, 0.3) is 0 Å². The number of pyridine rings is 1. The summed E-state index contributed by atoms with van der Waals surface area (Å²) in [7, 11) is -3.16. The summed E-state index contributed by atoms with van der Waals surface area (Å²) in [5, 5.41) is 3.64. The molecule has 1 heterocycles. The Labute approximate surface area is 145 Å². The molecule has 130 valence electrons. The molecule has 0 radical (unpaired) electrons. The van der Waals surface area contributed by atoms with E-state index < -0.39 is 9.84 Å². The lowest BCUT2D eigenvalue weighted by atomic mass is 9.95. The Morgan fingerprint density at radius 2 is 1.67 bits per heavy atom. The van der Waals surface area contributed by atoms with E-state index in [4.69, 9.17) is 0 Å². The summed E-state index contributed by atoms with van der Waals surface area (Å²) in [5.41, 5.74) is 3.29. The van der Waals surface area contributed by atoms with Crippen molar-refractivity contribution in [3.05, 3.63) is 59.4 Å². The van der Waals surface area contributed by atoms with Crippen molar-refractivity contribution in [2.75, 3.05) is 6.26 Å². The molecule has 4 nitrogen and oxygen atoms in total. The molecule has 2 atom stereocenters. The van der Waals surface area contributed by atoms with Crippen LogP contribution in [0.25, 0.3) is 0 Å². The van der Waals surface area contributed by atoms with Crippen LogP contribution in [0, 0.1) is 12.8 Å². The van der Waals surface area contributed by atoms with Crippen LogP contribution >= 0.6 is 0 Å². The number of benzene rings is 1. The van der Waals surface area contributed by atoms with Gasteiger partial charge < -0.3 is 5.32 Å². The molecule has 5 heteroatoms. The summed E-state index contributed by atoms with van der Waals surface area (Å²) in [4.78, 5) is 4.90. The lowest BCUT2D eigenvalue weighted by molar-refractivity contribution is 0.366. The van der Waals surface area contributed by atoms with E-state index in [1.165, 1.54) is 11.8 Å². The van der Waals surface area contributed by atoms with Crippen LogP contribution in [-0.2, 0) is 9.84 Å². The van der Waals surface area contributed by atoms with Crippen LogP contribution in [0.2, 0.25) is 0 Å². The summed E-state index contributed by atoms with van der Waals surface area (Å²) in [6.07, 6.45) is 3.05. The van der Waals surface area contributed by atoms with E-state index in [0.29, 0.717) is 10.8 Å². The normalized spacial score (nSPS) is 14.6. The first-order valence-electron chi connectivity index (χ1n) is 8.17. The Bertz CT molecular complexity index is 783. The zero-order valence-corrected chi connectivity index (χ0v) is 15.8. The molecular weight excluding hydrogens is 320 g/mol. The SMILES string of the molecule is Cc1cccnc1[C@H](N[C@H](C)c1ccc(S(C)(=O)=O)cc1)C(C)C. The average Bonchev–Trinajstić information content (AvgIpc) is 2.52. The molecule has 0 bridgehead atoms. The molecule has 1 N–H and O–H groups in total. The van der Waals surface area contributed by atoms with Gasteiger partial charge in [0, 0.05) is 18.5 Å². The van der Waals surface area contributed by atoms with E-state index >= 15 is 0 Å². The van der Waals surface area contributed by atoms with Crippen LogP contribution in [0.3, 0.4) is 0 Å².